The van der Waals surface area contributed by atoms with E-state index in [1.54, 1.807) is 6.07 Å². The zero-order valence-electron chi connectivity index (χ0n) is 9.43. The van der Waals surface area contributed by atoms with E-state index in [0.717, 1.165) is 6.07 Å². The summed E-state index contributed by atoms with van der Waals surface area (Å²) >= 11 is 0. The first-order chi connectivity index (χ1) is 7.32. The summed E-state index contributed by atoms with van der Waals surface area (Å²) in [5.74, 6) is 0.334. The van der Waals surface area contributed by atoms with Crippen molar-refractivity contribution in [1.29, 1.82) is 0 Å². The van der Waals surface area contributed by atoms with Crippen molar-refractivity contribution in [3.05, 3.63) is 41.5 Å². The van der Waals surface area contributed by atoms with Crippen molar-refractivity contribution in [1.82, 2.24) is 0 Å². The van der Waals surface area contributed by atoms with Crippen LogP contribution in [-0.2, 0) is 12.6 Å². The fraction of sp³-hybridized carbons (Fsp3) is 0.385. The molecule has 0 radical (unpaired) electrons. The first kappa shape index (κ1) is 12.8. The Bertz CT molecular complexity index is 375. The fourth-order valence-corrected chi connectivity index (χ4v) is 1.59. The Kier molecular flexibility index (Phi) is 3.79. The summed E-state index contributed by atoms with van der Waals surface area (Å²) < 4.78 is 37.8. The molecule has 0 atom stereocenters. The average molecular weight is 228 g/mol. The SMILES string of the molecule is C=Cc1cc(CC(C)C)cc(C(F)(F)F)c1. The highest BCUT2D eigenvalue weighted by molar-refractivity contribution is 5.50. The van der Waals surface area contributed by atoms with Crippen molar-refractivity contribution >= 4 is 6.08 Å². The van der Waals surface area contributed by atoms with Gasteiger partial charge in [-0.2, -0.15) is 13.2 Å². The highest BCUT2D eigenvalue weighted by Gasteiger charge is 2.30. The molecule has 1 aromatic rings. The van der Waals surface area contributed by atoms with Crippen LogP contribution in [0, 0.1) is 5.92 Å². The average Bonchev–Trinajstić information content (AvgIpc) is 2.14. The topological polar surface area (TPSA) is 0 Å². The maximum atomic E-state index is 12.6. The number of rotatable bonds is 3. The molecule has 0 aromatic heterocycles. The van der Waals surface area contributed by atoms with E-state index < -0.39 is 11.7 Å². The molecular formula is C13H15F3. The maximum Gasteiger partial charge on any atom is 0.416 e. The first-order valence-corrected chi connectivity index (χ1v) is 5.16. The van der Waals surface area contributed by atoms with Gasteiger partial charge >= 0.3 is 6.18 Å². The second kappa shape index (κ2) is 4.73. The van der Waals surface area contributed by atoms with E-state index in [4.69, 9.17) is 0 Å². The lowest BCUT2D eigenvalue weighted by Gasteiger charge is -2.12. The van der Waals surface area contributed by atoms with Gasteiger partial charge < -0.3 is 0 Å². The summed E-state index contributed by atoms with van der Waals surface area (Å²) in [6.07, 6.45) is -2.20. The van der Waals surface area contributed by atoms with Gasteiger partial charge in [0.05, 0.1) is 5.56 Å². The van der Waals surface area contributed by atoms with Crippen molar-refractivity contribution in [2.75, 3.05) is 0 Å². The van der Waals surface area contributed by atoms with E-state index in [2.05, 4.69) is 6.58 Å². The molecule has 0 nitrogen and oxygen atoms in total. The highest BCUT2D eigenvalue weighted by Crippen LogP contribution is 2.31. The summed E-state index contributed by atoms with van der Waals surface area (Å²) in [7, 11) is 0. The Labute approximate surface area is 93.8 Å². The van der Waals surface area contributed by atoms with Gasteiger partial charge in [-0.3, -0.25) is 0 Å². The molecule has 16 heavy (non-hydrogen) atoms. The standard InChI is InChI=1S/C13H15F3/c1-4-10-6-11(5-9(2)3)8-12(7-10)13(14,15)16/h4,6-9H,1,5H2,2-3H3. The predicted molar refractivity (Wildman–Crippen MR) is 60.1 cm³/mol. The van der Waals surface area contributed by atoms with Crippen LogP contribution in [0.3, 0.4) is 0 Å². The minimum atomic E-state index is -4.29. The minimum Gasteiger partial charge on any atom is -0.166 e. The second-order valence-electron chi connectivity index (χ2n) is 4.26. The molecular weight excluding hydrogens is 213 g/mol. The van der Waals surface area contributed by atoms with Gasteiger partial charge in [-0.1, -0.05) is 32.6 Å². The number of alkyl halides is 3. The third-order valence-electron chi connectivity index (χ3n) is 2.22. The highest BCUT2D eigenvalue weighted by atomic mass is 19.4. The van der Waals surface area contributed by atoms with E-state index >= 15 is 0 Å². The molecule has 0 aliphatic carbocycles. The zero-order chi connectivity index (χ0) is 12.3. The van der Waals surface area contributed by atoms with Crippen molar-refractivity contribution in [3.63, 3.8) is 0 Å². The Morgan fingerprint density at radius 1 is 1.25 bits per heavy atom. The zero-order valence-corrected chi connectivity index (χ0v) is 9.43. The molecule has 0 unspecified atom stereocenters. The Balaban J connectivity index is 3.16. The number of halogens is 3. The normalized spacial score (nSPS) is 11.9. The Hall–Kier alpha value is -1.25. The van der Waals surface area contributed by atoms with Crippen LogP contribution in [0.5, 0.6) is 0 Å². The van der Waals surface area contributed by atoms with Gasteiger partial charge in [-0.15, -0.1) is 0 Å². The van der Waals surface area contributed by atoms with Gasteiger partial charge in [0.2, 0.25) is 0 Å². The first-order valence-electron chi connectivity index (χ1n) is 5.16. The Morgan fingerprint density at radius 3 is 2.31 bits per heavy atom. The van der Waals surface area contributed by atoms with E-state index in [1.807, 2.05) is 13.8 Å². The Morgan fingerprint density at radius 2 is 1.88 bits per heavy atom. The molecule has 0 saturated carbocycles. The van der Waals surface area contributed by atoms with Crippen LogP contribution in [0.4, 0.5) is 13.2 Å². The van der Waals surface area contributed by atoms with Crippen LogP contribution in [0.2, 0.25) is 0 Å². The quantitative estimate of drug-likeness (QED) is 0.712. The molecule has 0 spiro atoms. The van der Waals surface area contributed by atoms with Crippen LogP contribution in [0.25, 0.3) is 6.08 Å². The molecule has 0 bridgehead atoms. The van der Waals surface area contributed by atoms with Gasteiger partial charge in [-0.05, 0) is 35.6 Å². The van der Waals surface area contributed by atoms with Gasteiger partial charge in [0.1, 0.15) is 0 Å². The van der Waals surface area contributed by atoms with E-state index in [0.29, 0.717) is 23.5 Å². The summed E-state index contributed by atoms with van der Waals surface area (Å²) in [5, 5.41) is 0. The van der Waals surface area contributed by atoms with Crippen molar-refractivity contribution in [3.8, 4) is 0 Å². The molecule has 0 fully saturated rings. The maximum absolute atomic E-state index is 12.6. The molecule has 0 heterocycles. The van der Waals surface area contributed by atoms with Gasteiger partial charge in [-0.25, -0.2) is 0 Å². The summed E-state index contributed by atoms with van der Waals surface area (Å²) in [6.45, 7) is 7.47. The largest absolute Gasteiger partial charge is 0.416 e. The van der Waals surface area contributed by atoms with Crippen LogP contribution in [0.1, 0.15) is 30.5 Å². The number of benzene rings is 1. The molecule has 88 valence electrons. The van der Waals surface area contributed by atoms with Crippen LogP contribution < -0.4 is 0 Å². The summed E-state index contributed by atoms with van der Waals surface area (Å²) in [5.41, 5.74) is 0.630. The van der Waals surface area contributed by atoms with Gasteiger partial charge in [0, 0.05) is 0 Å². The van der Waals surface area contributed by atoms with Gasteiger partial charge in [0.15, 0.2) is 0 Å². The molecule has 0 N–H and O–H groups in total. The van der Waals surface area contributed by atoms with Crippen molar-refractivity contribution in [2.24, 2.45) is 5.92 Å². The van der Waals surface area contributed by atoms with Crippen molar-refractivity contribution < 1.29 is 13.2 Å². The molecule has 1 rings (SSSR count). The third kappa shape index (κ3) is 3.40. The third-order valence-corrected chi connectivity index (χ3v) is 2.22. The van der Waals surface area contributed by atoms with Crippen molar-refractivity contribution in [2.45, 2.75) is 26.4 Å². The lowest BCUT2D eigenvalue weighted by Crippen LogP contribution is -2.07. The predicted octanol–water partition coefficient (Wildman–Crippen LogP) is 4.55. The molecule has 0 saturated heterocycles. The smallest absolute Gasteiger partial charge is 0.166 e. The van der Waals surface area contributed by atoms with E-state index in [9.17, 15) is 13.2 Å². The lowest BCUT2D eigenvalue weighted by atomic mass is 9.98. The molecule has 0 aliphatic rings. The lowest BCUT2D eigenvalue weighted by molar-refractivity contribution is -0.137. The van der Waals surface area contributed by atoms with Crippen LogP contribution in [0.15, 0.2) is 24.8 Å². The molecule has 0 amide bonds. The summed E-state index contributed by atoms with van der Waals surface area (Å²) in [6, 6.07) is 4.09. The fourth-order valence-electron chi connectivity index (χ4n) is 1.59. The molecule has 1 aromatic carbocycles. The van der Waals surface area contributed by atoms with E-state index in [-0.39, 0.29) is 0 Å². The molecule has 0 aliphatic heterocycles. The number of hydrogen-bond donors (Lipinski definition) is 0. The second-order valence-corrected chi connectivity index (χ2v) is 4.26. The summed E-state index contributed by atoms with van der Waals surface area (Å²) in [4.78, 5) is 0. The van der Waals surface area contributed by atoms with Crippen LogP contribution in [-0.4, -0.2) is 0 Å². The monoisotopic (exact) mass is 228 g/mol. The van der Waals surface area contributed by atoms with Gasteiger partial charge in [0.25, 0.3) is 0 Å². The minimum absolute atomic E-state index is 0.334. The van der Waals surface area contributed by atoms with E-state index in [1.165, 1.54) is 12.1 Å². The number of hydrogen-bond acceptors (Lipinski definition) is 0. The molecule has 3 heteroatoms. The van der Waals surface area contributed by atoms with Crippen LogP contribution >= 0.6 is 0 Å².